The molecule has 0 bridgehead atoms. The van der Waals surface area contributed by atoms with Crippen molar-refractivity contribution in [3.8, 4) is 0 Å². The molecule has 1 nitrogen and oxygen atoms in total. The highest BCUT2D eigenvalue weighted by atomic mass is 32.4. The Balaban J connectivity index is 4.65. The summed E-state index contributed by atoms with van der Waals surface area (Å²) in [5.74, 6) is 2.25. The molecule has 90 valence electrons. The van der Waals surface area contributed by atoms with Gasteiger partial charge in [-0.25, -0.2) is 0 Å². The Morgan fingerprint density at radius 1 is 1.07 bits per heavy atom. The van der Waals surface area contributed by atoms with E-state index in [0.717, 1.165) is 0 Å². The van der Waals surface area contributed by atoms with Gasteiger partial charge in [0.25, 0.3) is 0 Å². The van der Waals surface area contributed by atoms with Gasteiger partial charge in [0.05, 0.1) is 0 Å². The van der Waals surface area contributed by atoms with Crippen LogP contribution in [-0.4, -0.2) is 16.9 Å². The van der Waals surface area contributed by atoms with Crippen molar-refractivity contribution in [1.82, 2.24) is 5.32 Å². The summed E-state index contributed by atoms with van der Waals surface area (Å²) in [6.45, 7) is 15.4. The largest absolute Gasteiger partial charge is 0.386 e. The van der Waals surface area contributed by atoms with Gasteiger partial charge in [0.1, 0.15) is 0 Å². The van der Waals surface area contributed by atoms with E-state index in [0.29, 0.717) is 11.3 Å². The lowest BCUT2D eigenvalue weighted by atomic mass is 10.1. The fourth-order valence-electron chi connectivity index (χ4n) is 1.34. The lowest BCUT2D eigenvalue weighted by Crippen LogP contribution is -2.31. The van der Waals surface area contributed by atoms with E-state index < -0.39 is 6.04 Å². The predicted molar refractivity (Wildman–Crippen MR) is 76.6 cm³/mol. The second-order valence-electron chi connectivity index (χ2n) is 5.66. The molecule has 0 aromatic heterocycles. The van der Waals surface area contributed by atoms with Crippen LogP contribution in [0.3, 0.4) is 0 Å². The Bertz CT molecular complexity index is 249. The van der Waals surface area contributed by atoms with Crippen molar-refractivity contribution in [2.24, 2.45) is 0 Å². The van der Waals surface area contributed by atoms with E-state index in [1.165, 1.54) is 0 Å². The topological polar surface area (TPSA) is 12.0 Å². The van der Waals surface area contributed by atoms with Gasteiger partial charge in [-0.3, -0.25) is 0 Å². The van der Waals surface area contributed by atoms with Gasteiger partial charge in [-0.05, 0) is 50.1 Å². The standard InChI is InChI=1S/C12H26NPS/c1-10(2)14(15,11(3)4)9-8-13-12(5,6)7/h8-11,13H,1-7H3. The summed E-state index contributed by atoms with van der Waals surface area (Å²) in [6.07, 6.45) is 2.07. The van der Waals surface area contributed by atoms with Crippen molar-refractivity contribution < 1.29 is 0 Å². The van der Waals surface area contributed by atoms with E-state index in [9.17, 15) is 0 Å². The van der Waals surface area contributed by atoms with Crippen LogP contribution in [-0.2, 0) is 11.8 Å². The molecule has 0 fully saturated rings. The summed E-state index contributed by atoms with van der Waals surface area (Å²) in [5.41, 5.74) is 1.31. The van der Waals surface area contributed by atoms with Gasteiger partial charge in [-0.15, -0.1) is 0 Å². The fourth-order valence-corrected chi connectivity index (χ4v) is 3.72. The second-order valence-corrected chi connectivity index (χ2v) is 11.4. The van der Waals surface area contributed by atoms with Gasteiger partial charge in [0.15, 0.2) is 0 Å². The van der Waals surface area contributed by atoms with Crippen LogP contribution >= 0.6 is 6.04 Å². The average Bonchev–Trinajstić information content (AvgIpc) is 2.00. The molecular weight excluding hydrogens is 221 g/mol. The Kier molecular flexibility index (Phi) is 5.57. The first kappa shape index (κ1) is 15.2. The molecule has 0 heterocycles. The molecule has 1 N–H and O–H groups in total. The molecule has 3 heteroatoms. The van der Waals surface area contributed by atoms with E-state index in [2.05, 4.69) is 65.8 Å². The highest BCUT2D eigenvalue weighted by Crippen LogP contribution is 2.56. The third-order valence-corrected chi connectivity index (χ3v) is 9.18. The molecule has 0 rings (SSSR count). The van der Waals surface area contributed by atoms with E-state index in [1.807, 2.05) is 0 Å². The molecule has 0 aliphatic heterocycles. The molecule has 0 spiro atoms. The number of nitrogens with one attached hydrogen (secondary N) is 1. The maximum absolute atomic E-state index is 5.82. The number of hydrogen-bond donors (Lipinski definition) is 1. The highest BCUT2D eigenvalue weighted by Gasteiger charge is 2.22. The third-order valence-electron chi connectivity index (χ3n) is 2.44. The Hall–Kier alpha value is 0.190. The molecule has 0 saturated carbocycles. The van der Waals surface area contributed by atoms with Crippen molar-refractivity contribution >= 4 is 17.8 Å². The Morgan fingerprint density at radius 3 is 1.73 bits per heavy atom. The lowest BCUT2D eigenvalue weighted by molar-refractivity contribution is 0.491. The van der Waals surface area contributed by atoms with E-state index in [-0.39, 0.29) is 5.54 Å². The summed E-state index contributed by atoms with van der Waals surface area (Å²) >= 11 is 5.82. The number of hydrogen-bond acceptors (Lipinski definition) is 2. The van der Waals surface area contributed by atoms with Crippen LogP contribution in [0.2, 0.25) is 0 Å². The van der Waals surface area contributed by atoms with Crippen molar-refractivity contribution in [3.05, 3.63) is 12.0 Å². The molecule has 0 saturated heterocycles. The number of rotatable bonds is 4. The van der Waals surface area contributed by atoms with Gasteiger partial charge in [-0.1, -0.05) is 39.5 Å². The van der Waals surface area contributed by atoms with Crippen LogP contribution in [0.4, 0.5) is 0 Å². The zero-order valence-corrected chi connectivity index (χ0v) is 12.9. The van der Waals surface area contributed by atoms with Gasteiger partial charge in [0, 0.05) is 5.54 Å². The van der Waals surface area contributed by atoms with Crippen LogP contribution in [0.5, 0.6) is 0 Å². The van der Waals surface area contributed by atoms with Crippen LogP contribution < -0.4 is 5.32 Å². The second kappa shape index (κ2) is 5.50. The average molecular weight is 247 g/mol. The minimum atomic E-state index is -1.36. The summed E-state index contributed by atoms with van der Waals surface area (Å²) in [4.78, 5) is 0. The molecule has 0 amide bonds. The smallest absolute Gasteiger partial charge is 0.0283 e. The maximum Gasteiger partial charge on any atom is 0.0283 e. The zero-order valence-electron chi connectivity index (χ0n) is 11.2. The SMILES string of the molecule is CC(C)P(=S)(C=CNC(C)(C)C)C(C)C. The minimum Gasteiger partial charge on any atom is -0.386 e. The lowest BCUT2D eigenvalue weighted by Gasteiger charge is -2.27. The summed E-state index contributed by atoms with van der Waals surface area (Å²) in [6, 6.07) is -1.36. The molecule has 0 aromatic rings. The summed E-state index contributed by atoms with van der Waals surface area (Å²) in [5, 5.41) is 3.37. The van der Waals surface area contributed by atoms with Crippen LogP contribution in [0.25, 0.3) is 0 Å². The van der Waals surface area contributed by atoms with Gasteiger partial charge < -0.3 is 5.32 Å². The highest BCUT2D eigenvalue weighted by molar-refractivity contribution is 8.16. The first-order valence-corrected chi connectivity index (χ1v) is 8.65. The van der Waals surface area contributed by atoms with Crippen LogP contribution in [0, 0.1) is 0 Å². The molecule has 0 aliphatic carbocycles. The van der Waals surface area contributed by atoms with E-state index in [4.69, 9.17) is 11.8 Å². The molecule has 0 unspecified atom stereocenters. The Morgan fingerprint density at radius 2 is 1.47 bits per heavy atom. The third kappa shape index (κ3) is 5.17. The first-order chi connectivity index (χ1) is 6.59. The van der Waals surface area contributed by atoms with E-state index >= 15 is 0 Å². The van der Waals surface area contributed by atoms with Crippen molar-refractivity contribution in [3.63, 3.8) is 0 Å². The monoisotopic (exact) mass is 247 g/mol. The molecule has 0 aromatic carbocycles. The summed E-state index contributed by atoms with van der Waals surface area (Å²) in [7, 11) is 0. The van der Waals surface area contributed by atoms with Crippen molar-refractivity contribution in [2.75, 3.05) is 0 Å². The maximum atomic E-state index is 5.82. The molecule has 0 atom stereocenters. The van der Waals surface area contributed by atoms with Crippen molar-refractivity contribution in [2.45, 2.75) is 65.3 Å². The van der Waals surface area contributed by atoms with Crippen LogP contribution in [0.15, 0.2) is 12.0 Å². The predicted octanol–water partition coefficient (Wildman–Crippen LogP) is 4.14. The molecule has 0 radical (unpaired) electrons. The van der Waals surface area contributed by atoms with Crippen LogP contribution in [0.1, 0.15) is 48.5 Å². The summed E-state index contributed by atoms with van der Waals surface area (Å²) < 4.78 is 0. The molecule has 15 heavy (non-hydrogen) atoms. The van der Waals surface area contributed by atoms with Gasteiger partial charge in [-0.2, -0.15) is 0 Å². The fraction of sp³-hybridized carbons (Fsp3) is 0.833. The Labute approximate surface area is 101 Å². The van der Waals surface area contributed by atoms with E-state index in [1.54, 1.807) is 0 Å². The first-order valence-electron chi connectivity index (χ1n) is 5.64. The van der Waals surface area contributed by atoms with Gasteiger partial charge in [0.2, 0.25) is 0 Å². The molecule has 0 aliphatic rings. The molecular formula is C12H26NPS. The minimum absolute atomic E-state index is 0.130. The zero-order chi connectivity index (χ0) is 12.3. The van der Waals surface area contributed by atoms with Crippen molar-refractivity contribution in [1.29, 1.82) is 0 Å². The van der Waals surface area contributed by atoms with Gasteiger partial charge >= 0.3 is 0 Å². The quantitative estimate of drug-likeness (QED) is 0.749. The normalized spacial score (nSPS) is 14.2.